The Morgan fingerprint density at radius 3 is 1.45 bits per heavy atom. The zero-order chi connectivity index (χ0) is 6.95. The van der Waals surface area contributed by atoms with E-state index >= 15 is 0 Å². The molecule has 64 valence electrons. The monoisotopic (exact) mass is 173 g/mol. The van der Waals surface area contributed by atoms with E-state index in [0.717, 1.165) is 0 Å². The molecule has 4 nitrogen and oxygen atoms in total. The summed E-state index contributed by atoms with van der Waals surface area (Å²) in [7, 11) is -0.750. The van der Waals surface area contributed by atoms with Gasteiger partial charge in [0.25, 0.3) is 0 Å². The zero-order valence-electron chi connectivity index (χ0n) is 6.14. The molecule has 11 heavy (non-hydrogen) atoms. The molecule has 1 aliphatic heterocycles. The molecule has 1 saturated heterocycles. The van der Waals surface area contributed by atoms with Crippen LogP contribution in [0, 0.1) is 0 Å². The van der Waals surface area contributed by atoms with Crippen LogP contribution in [0.2, 0.25) is 0 Å². The summed E-state index contributed by atoms with van der Waals surface area (Å²) in [4.78, 5) is 0. The molecule has 5 N–H and O–H groups in total. The fourth-order valence-electron chi connectivity index (χ4n) is 0.802. The van der Waals surface area contributed by atoms with Gasteiger partial charge in [-0.1, -0.05) is 6.42 Å². The second-order valence-corrected chi connectivity index (χ2v) is 1.95. The molecule has 0 aromatic heterocycles. The minimum absolute atomic E-state index is 0. The molecule has 1 heterocycles. The zero-order valence-corrected chi connectivity index (χ0v) is 6.14. The van der Waals surface area contributed by atoms with E-state index in [-0.39, 0.29) is 35.0 Å². The summed E-state index contributed by atoms with van der Waals surface area (Å²) in [5.41, 5.74) is 0. The van der Waals surface area contributed by atoms with Crippen LogP contribution in [-0.4, -0.2) is 65.9 Å². The molecule has 0 aromatic rings. The molecule has 1 fully saturated rings. The van der Waals surface area contributed by atoms with Crippen LogP contribution in [-0.2, 0) is 0 Å². The maximum atomic E-state index is 7.12. The summed E-state index contributed by atoms with van der Waals surface area (Å²) in [6, 6.07) is 0. The third-order valence-corrected chi connectivity index (χ3v) is 1.21. The Morgan fingerprint density at radius 2 is 1.36 bits per heavy atom. The minimum atomic E-state index is -0.750. The number of hydrogen-bond acceptors (Lipinski definition) is 3. The summed E-state index contributed by atoms with van der Waals surface area (Å²) < 4.78 is 0. The first-order chi connectivity index (χ1) is 4.41. The van der Waals surface area contributed by atoms with Crippen molar-refractivity contribution in [3.8, 4) is 0 Å². The first-order valence-electron chi connectivity index (χ1n) is 3.34. The van der Waals surface area contributed by atoms with E-state index in [9.17, 15) is 0 Å². The van der Waals surface area contributed by atoms with Crippen LogP contribution in [0.15, 0.2) is 0 Å². The molecule has 0 aromatic carbocycles. The van der Waals surface area contributed by atoms with Crippen LogP contribution in [0.3, 0.4) is 0 Å². The SMILES string of the molecule is C1CCNCC1.O.OBO.[NaH]. The molecule has 0 amide bonds. The van der Waals surface area contributed by atoms with Gasteiger partial charge in [0, 0.05) is 0 Å². The molecule has 0 saturated carbocycles. The molecular formula is C5H17BNNaO3. The molecule has 0 aliphatic carbocycles. The van der Waals surface area contributed by atoms with Crippen molar-refractivity contribution in [1.82, 2.24) is 5.32 Å². The summed E-state index contributed by atoms with van der Waals surface area (Å²) in [5, 5.41) is 17.5. The van der Waals surface area contributed by atoms with E-state index < -0.39 is 7.69 Å². The molecule has 1 rings (SSSR count). The maximum absolute atomic E-state index is 7.12. The van der Waals surface area contributed by atoms with Crippen LogP contribution >= 0.6 is 0 Å². The van der Waals surface area contributed by atoms with Gasteiger partial charge in [0.1, 0.15) is 0 Å². The molecule has 0 unspecified atom stereocenters. The van der Waals surface area contributed by atoms with Gasteiger partial charge in [-0.25, -0.2) is 0 Å². The summed E-state index contributed by atoms with van der Waals surface area (Å²) >= 11 is 0. The average molecular weight is 173 g/mol. The Hall–Kier alpha value is 0.905. The fourth-order valence-corrected chi connectivity index (χ4v) is 0.802. The molecule has 6 heteroatoms. The van der Waals surface area contributed by atoms with Gasteiger partial charge >= 0.3 is 37.2 Å². The van der Waals surface area contributed by atoms with Crippen LogP contribution in [0.4, 0.5) is 0 Å². The number of rotatable bonds is 0. The second kappa shape index (κ2) is 17.1. The predicted octanol–water partition coefficient (Wildman–Crippen LogP) is -2.48. The normalized spacial score (nSPS) is 14.4. The molecule has 0 radical (unpaired) electrons. The van der Waals surface area contributed by atoms with Gasteiger partial charge in [-0.15, -0.1) is 0 Å². The van der Waals surface area contributed by atoms with Gasteiger partial charge in [-0.3, -0.25) is 0 Å². The summed E-state index contributed by atoms with van der Waals surface area (Å²) in [6.07, 6.45) is 4.22. The van der Waals surface area contributed by atoms with Crippen molar-refractivity contribution >= 4 is 37.2 Å². The van der Waals surface area contributed by atoms with Crippen LogP contribution in [0.5, 0.6) is 0 Å². The van der Waals surface area contributed by atoms with E-state index in [1.807, 2.05) is 0 Å². The summed E-state index contributed by atoms with van der Waals surface area (Å²) in [5.74, 6) is 0. The number of nitrogens with one attached hydrogen (secondary N) is 1. The van der Waals surface area contributed by atoms with E-state index in [1.165, 1.54) is 32.4 Å². The third kappa shape index (κ3) is 18.1. The van der Waals surface area contributed by atoms with Crippen LogP contribution < -0.4 is 5.32 Å². The quantitative estimate of drug-likeness (QED) is 0.355. The van der Waals surface area contributed by atoms with Gasteiger partial charge in [-0.2, -0.15) is 0 Å². The molecular weight excluding hydrogens is 156 g/mol. The summed E-state index contributed by atoms with van der Waals surface area (Å²) in [6.45, 7) is 2.50. The van der Waals surface area contributed by atoms with Crippen molar-refractivity contribution in [2.75, 3.05) is 13.1 Å². The van der Waals surface area contributed by atoms with Gasteiger partial charge in [0.05, 0.1) is 0 Å². The molecule has 0 atom stereocenters. The van der Waals surface area contributed by atoms with E-state index in [2.05, 4.69) is 5.32 Å². The molecule has 0 spiro atoms. The standard InChI is InChI=1S/C5H11N.BH3O2.Na.H2O.H/c1-2-4-6-5-3-1;2-1-3;;;/h6H,1-5H2;1-3H;;1H2;. The van der Waals surface area contributed by atoms with Gasteiger partial charge in [0.15, 0.2) is 0 Å². The topological polar surface area (TPSA) is 84.0 Å². The van der Waals surface area contributed by atoms with E-state index in [1.54, 1.807) is 0 Å². The average Bonchev–Trinajstić information content (AvgIpc) is 1.93. The van der Waals surface area contributed by atoms with Crippen molar-refractivity contribution in [1.29, 1.82) is 0 Å². The first kappa shape index (κ1) is 17.9. The number of hydrogen-bond donors (Lipinski definition) is 3. The van der Waals surface area contributed by atoms with Crippen LogP contribution in [0.25, 0.3) is 0 Å². The molecule has 1 aliphatic rings. The number of piperidine rings is 1. The van der Waals surface area contributed by atoms with Crippen molar-refractivity contribution in [2.24, 2.45) is 0 Å². The Morgan fingerprint density at radius 1 is 1.00 bits per heavy atom. The Kier molecular flexibility index (Phi) is 27.8. The van der Waals surface area contributed by atoms with Gasteiger partial charge in [-0.05, 0) is 25.9 Å². The van der Waals surface area contributed by atoms with E-state index in [4.69, 9.17) is 10.0 Å². The Labute approximate surface area is 90.3 Å². The third-order valence-electron chi connectivity index (χ3n) is 1.21. The van der Waals surface area contributed by atoms with E-state index in [0.29, 0.717) is 0 Å². The van der Waals surface area contributed by atoms with Crippen LogP contribution in [0.1, 0.15) is 19.3 Å². The Balaban J connectivity index is -0.000000116. The van der Waals surface area contributed by atoms with Gasteiger partial charge in [0.2, 0.25) is 0 Å². The first-order valence-corrected chi connectivity index (χ1v) is 3.34. The van der Waals surface area contributed by atoms with Crippen molar-refractivity contribution in [3.63, 3.8) is 0 Å². The fraction of sp³-hybridized carbons (Fsp3) is 1.00. The Bertz CT molecular complexity index is 45.5. The van der Waals surface area contributed by atoms with Crippen molar-refractivity contribution in [2.45, 2.75) is 19.3 Å². The van der Waals surface area contributed by atoms with Gasteiger partial charge < -0.3 is 20.8 Å². The van der Waals surface area contributed by atoms with Crippen molar-refractivity contribution in [3.05, 3.63) is 0 Å². The van der Waals surface area contributed by atoms with Crippen molar-refractivity contribution < 1.29 is 15.5 Å². The molecule has 0 bridgehead atoms. The second-order valence-electron chi connectivity index (χ2n) is 1.95. The predicted molar refractivity (Wildman–Crippen MR) is 49.1 cm³/mol.